The Morgan fingerprint density at radius 2 is 1.47 bits per heavy atom. The molecule has 0 aliphatic carbocycles. The van der Waals surface area contributed by atoms with Crippen LogP contribution in [0.1, 0.15) is 30.7 Å². The molecule has 0 bridgehead atoms. The second kappa shape index (κ2) is 11.8. The fourth-order valence-electron chi connectivity index (χ4n) is 3.59. The molecule has 0 atom stereocenters. The van der Waals surface area contributed by atoms with Crippen LogP contribution < -0.4 is 40.0 Å². The molecule has 36 heavy (non-hydrogen) atoms. The number of aromatic nitrogens is 1. The molecule has 6 nitrogen and oxygen atoms in total. The van der Waals surface area contributed by atoms with Crippen LogP contribution >= 0.6 is 11.5 Å². The Balaban J connectivity index is 0.00000361. The monoisotopic (exact) mass is 508 g/mol. The summed E-state index contributed by atoms with van der Waals surface area (Å²) in [6.45, 7) is 5.29. The van der Waals surface area contributed by atoms with Crippen molar-refractivity contribution in [2.45, 2.75) is 32.8 Å². The number of hydrogen-bond donors (Lipinski definition) is 1. The van der Waals surface area contributed by atoms with Crippen molar-refractivity contribution in [1.82, 2.24) is 4.37 Å². The van der Waals surface area contributed by atoms with Gasteiger partial charge in [-0.15, -0.1) is 0 Å². The Labute approximate surface area is 236 Å². The van der Waals surface area contributed by atoms with Gasteiger partial charge in [0, 0.05) is 5.41 Å². The third-order valence-corrected chi connectivity index (χ3v) is 6.89. The smallest absolute Gasteiger partial charge is 0.549 e. The van der Waals surface area contributed by atoms with Crippen molar-refractivity contribution in [1.29, 1.82) is 0 Å². The number of carboxylic acid groups (broad SMARTS) is 1. The van der Waals surface area contributed by atoms with E-state index >= 15 is 0 Å². The Bertz CT molecular complexity index is 1330. The van der Waals surface area contributed by atoms with Gasteiger partial charge in [-0.2, -0.15) is 4.37 Å². The van der Waals surface area contributed by atoms with E-state index in [2.05, 4.69) is 9.69 Å². The second-order valence-electron chi connectivity index (χ2n) is 8.73. The number of rotatable bonds is 7. The van der Waals surface area contributed by atoms with E-state index in [-0.39, 0.29) is 36.2 Å². The molecule has 4 rings (SSSR count). The molecule has 0 radical (unpaired) electrons. The van der Waals surface area contributed by atoms with Crippen molar-refractivity contribution in [3.63, 3.8) is 0 Å². The van der Waals surface area contributed by atoms with Crippen molar-refractivity contribution in [2.75, 3.05) is 5.32 Å². The van der Waals surface area contributed by atoms with E-state index in [4.69, 9.17) is 4.74 Å². The predicted molar refractivity (Wildman–Crippen MR) is 136 cm³/mol. The fourth-order valence-corrected chi connectivity index (χ4v) is 4.44. The zero-order chi connectivity index (χ0) is 25.0. The Hall–Kier alpha value is -2.97. The first kappa shape index (κ1) is 27.6. The van der Waals surface area contributed by atoms with E-state index < -0.39 is 17.5 Å². The van der Waals surface area contributed by atoms with Gasteiger partial charge >= 0.3 is 35.7 Å². The van der Waals surface area contributed by atoms with Gasteiger partial charge < -0.3 is 14.6 Å². The number of benzene rings is 3. The van der Waals surface area contributed by atoms with Gasteiger partial charge in [0.05, 0.1) is 22.2 Å². The van der Waals surface area contributed by atoms with Crippen molar-refractivity contribution in [3.8, 4) is 21.6 Å². The molecule has 0 aliphatic rings. The van der Waals surface area contributed by atoms with Crippen LogP contribution in [0.2, 0.25) is 0 Å². The summed E-state index contributed by atoms with van der Waals surface area (Å²) in [6, 6.07) is 24.9. The molecule has 0 spiro atoms. The van der Waals surface area contributed by atoms with E-state index in [0.717, 1.165) is 32.8 Å². The molecule has 0 saturated heterocycles. The number of amides is 1. The average Bonchev–Trinajstić information content (AvgIpc) is 3.23. The Morgan fingerprint density at radius 1 is 0.917 bits per heavy atom. The standard InChI is InChI=1S/C28H26N2O4S.Na/c1-18-24(29-27(33)34-17-19-7-5-4-6-8-19)25(35-30-18)22-11-9-20(10-12-22)21-13-15-23(16-14-21)28(2,3)26(31)32;/h4-16H,17H2,1-3H3,(H,29,33)(H,31,32);/q;+1/p-1. The zero-order valence-corrected chi connectivity index (χ0v) is 23.5. The molecule has 1 N–H and O–H groups in total. The summed E-state index contributed by atoms with van der Waals surface area (Å²) < 4.78 is 9.77. The van der Waals surface area contributed by atoms with E-state index in [9.17, 15) is 14.7 Å². The van der Waals surface area contributed by atoms with Gasteiger partial charge in [0.15, 0.2) is 0 Å². The molecule has 0 saturated carbocycles. The van der Waals surface area contributed by atoms with Crippen LogP contribution in [-0.2, 0) is 21.6 Å². The van der Waals surface area contributed by atoms with Crippen LogP contribution in [0.15, 0.2) is 78.9 Å². The first-order valence-corrected chi connectivity index (χ1v) is 11.9. The normalized spacial score (nSPS) is 10.9. The van der Waals surface area contributed by atoms with Crippen molar-refractivity contribution < 1.29 is 49.0 Å². The molecule has 1 heterocycles. The maximum absolute atomic E-state index is 12.4. The number of nitrogens with one attached hydrogen (secondary N) is 1. The summed E-state index contributed by atoms with van der Waals surface area (Å²) in [5.41, 5.74) is 4.78. The molecule has 178 valence electrons. The minimum absolute atomic E-state index is 0. The molecule has 0 fully saturated rings. The number of carbonyl (C=O) groups excluding carboxylic acids is 2. The summed E-state index contributed by atoms with van der Waals surface area (Å²) in [5, 5.41) is 14.2. The maximum Gasteiger partial charge on any atom is 1.00 e. The maximum atomic E-state index is 12.4. The van der Waals surface area contributed by atoms with Crippen LogP contribution in [0, 0.1) is 6.92 Å². The van der Waals surface area contributed by atoms with Crippen LogP contribution in [-0.4, -0.2) is 16.4 Å². The van der Waals surface area contributed by atoms with Crippen LogP contribution in [0.4, 0.5) is 10.5 Å². The molecule has 8 heteroatoms. The molecular weight excluding hydrogens is 483 g/mol. The summed E-state index contributed by atoms with van der Waals surface area (Å²) in [5.74, 6) is -1.11. The number of nitrogens with zero attached hydrogens (tertiary/aromatic N) is 1. The summed E-state index contributed by atoms with van der Waals surface area (Å²) >= 11 is 1.31. The quantitative estimate of drug-likeness (QED) is 0.388. The number of ether oxygens (including phenoxy) is 1. The molecule has 3 aromatic carbocycles. The van der Waals surface area contributed by atoms with Gasteiger partial charge in [0.25, 0.3) is 0 Å². The number of hydrogen-bond acceptors (Lipinski definition) is 6. The van der Waals surface area contributed by atoms with E-state index in [1.165, 1.54) is 11.5 Å². The van der Waals surface area contributed by atoms with Crippen LogP contribution in [0.3, 0.4) is 0 Å². The van der Waals surface area contributed by atoms with Crippen LogP contribution in [0.5, 0.6) is 0 Å². The molecular formula is C28H25N2NaO4S. The third-order valence-electron chi connectivity index (χ3n) is 5.90. The number of anilines is 1. The van der Waals surface area contributed by atoms with E-state index in [1.54, 1.807) is 13.8 Å². The Kier molecular flexibility index (Phi) is 9.08. The number of aliphatic carboxylic acids is 1. The topological polar surface area (TPSA) is 91.4 Å². The number of aryl methyl sites for hydroxylation is 1. The van der Waals surface area contributed by atoms with Crippen molar-refractivity contribution >= 4 is 29.3 Å². The molecule has 4 aromatic rings. The van der Waals surface area contributed by atoms with Gasteiger partial charge in [-0.05, 0) is 46.3 Å². The van der Waals surface area contributed by atoms with Gasteiger partial charge in [-0.25, -0.2) is 4.79 Å². The molecule has 0 unspecified atom stereocenters. The van der Waals surface area contributed by atoms with Crippen molar-refractivity contribution in [3.05, 3.63) is 95.7 Å². The zero-order valence-electron chi connectivity index (χ0n) is 20.7. The molecule has 1 aromatic heterocycles. The second-order valence-corrected chi connectivity index (χ2v) is 9.50. The Morgan fingerprint density at radius 3 is 2.06 bits per heavy atom. The van der Waals surface area contributed by atoms with Gasteiger partial charge in [0.2, 0.25) is 0 Å². The van der Waals surface area contributed by atoms with Gasteiger partial charge in [-0.1, -0.05) is 92.7 Å². The molecule has 1 amide bonds. The summed E-state index contributed by atoms with van der Waals surface area (Å²) in [7, 11) is 0. The first-order valence-electron chi connectivity index (χ1n) is 11.1. The third kappa shape index (κ3) is 6.23. The van der Waals surface area contributed by atoms with Gasteiger partial charge in [-0.3, -0.25) is 5.32 Å². The summed E-state index contributed by atoms with van der Waals surface area (Å²) in [6.07, 6.45) is -0.533. The molecule has 0 aliphatic heterocycles. The van der Waals surface area contributed by atoms with Crippen LogP contribution in [0.25, 0.3) is 21.6 Å². The SMILES string of the molecule is Cc1nsc(-c2ccc(-c3ccc(C(C)(C)C(=O)[O-])cc3)cc2)c1NC(=O)OCc1ccccc1.[Na+]. The minimum Gasteiger partial charge on any atom is -0.549 e. The van der Waals surface area contributed by atoms with Crippen molar-refractivity contribution in [2.24, 2.45) is 0 Å². The van der Waals surface area contributed by atoms with E-state index in [0.29, 0.717) is 11.3 Å². The average molecular weight is 509 g/mol. The number of carboxylic acids is 1. The van der Waals surface area contributed by atoms with Gasteiger partial charge in [0.1, 0.15) is 6.61 Å². The first-order chi connectivity index (χ1) is 16.8. The van der Waals surface area contributed by atoms with E-state index in [1.807, 2.05) is 85.8 Å². The largest absolute Gasteiger partial charge is 1.00 e. The number of carbonyl (C=O) groups is 2. The fraction of sp³-hybridized carbons (Fsp3) is 0.179. The summed E-state index contributed by atoms with van der Waals surface area (Å²) in [4.78, 5) is 24.6. The minimum atomic E-state index is -1.11. The predicted octanol–water partition coefficient (Wildman–Crippen LogP) is 2.57.